The molecule has 0 saturated carbocycles. The van der Waals surface area contributed by atoms with Crippen molar-refractivity contribution in [1.29, 1.82) is 0 Å². The van der Waals surface area contributed by atoms with E-state index in [1.54, 1.807) is 0 Å². The fourth-order valence-electron chi connectivity index (χ4n) is 2.70. The van der Waals surface area contributed by atoms with Crippen molar-refractivity contribution in [2.75, 3.05) is 40.3 Å². The summed E-state index contributed by atoms with van der Waals surface area (Å²) < 4.78 is 0. The van der Waals surface area contributed by atoms with E-state index in [0.29, 0.717) is 6.54 Å². The third-order valence-corrected chi connectivity index (χ3v) is 3.78. The second kappa shape index (κ2) is 7.82. The van der Waals surface area contributed by atoms with Crippen molar-refractivity contribution in [2.24, 2.45) is 11.7 Å². The first kappa shape index (κ1) is 16.4. The highest BCUT2D eigenvalue weighted by Crippen LogP contribution is 2.16. The molecule has 112 valence electrons. The van der Waals surface area contributed by atoms with Crippen LogP contribution in [0.15, 0.2) is 0 Å². The number of piperidine rings is 1. The second-order valence-corrected chi connectivity index (χ2v) is 6.24. The first-order chi connectivity index (χ1) is 8.88. The summed E-state index contributed by atoms with van der Waals surface area (Å²) in [6, 6.07) is 0.0190. The topological polar surface area (TPSA) is 61.6 Å². The highest BCUT2D eigenvalue weighted by atomic mass is 16.1. The molecule has 1 fully saturated rings. The van der Waals surface area contributed by atoms with Gasteiger partial charge in [0.25, 0.3) is 0 Å². The number of hydrogen-bond donors (Lipinski definition) is 2. The maximum atomic E-state index is 11.4. The van der Waals surface area contributed by atoms with Crippen LogP contribution in [0.3, 0.4) is 0 Å². The van der Waals surface area contributed by atoms with Gasteiger partial charge in [-0.3, -0.25) is 4.79 Å². The van der Waals surface area contributed by atoms with Crippen molar-refractivity contribution in [3.63, 3.8) is 0 Å². The number of amides is 1. The largest absolute Gasteiger partial charge is 0.368 e. The van der Waals surface area contributed by atoms with E-state index in [1.807, 2.05) is 13.8 Å². The molecule has 1 amide bonds. The van der Waals surface area contributed by atoms with E-state index in [4.69, 9.17) is 5.73 Å². The molecule has 5 nitrogen and oxygen atoms in total. The summed E-state index contributed by atoms with van der Waals surface area (Å²) in [7, 11) is 4.26. The lowest BCUT2D eigenvalue weighted by Crippen LogP contribution is -2.51. The number of rotatable bonds is 7. The number of carbonyl (C=O) groups is 1. The normalized spacial score (nSPS) is 20.1. The van der Waals surface area contributed by atoms with Crippen molar-refractivity contribution >= 4 is 5.91 Å². The average Bonchev–Trinajstić information content (AvgIpc) is 2.30. The molecule has 0 aromatic rings. The lowest BCUT2D eigenvalue weighted by Gasteiger charge is -2.32. The Hall–Kier alpha value is -0.650. The summed E-state index contributed by atoms with van der Waals surface area (Å²) in [5.41, 5.74) is 5.45. The van der Waals surface area contributed by atoms with E-state index in [2.05, 4.69) is 29.2 Å². The van der Waals surface area contributed by atoms with Crippen LogP contribution in [-0.2, 0) is 4.79 Å². The van der Waals surface area contributed by atoms with Gasteiger partial charge in [-0.2, -0.15) is 0 Å². The molecule has 0 aliphatic carbocycles. The smallest absolute Gasteiger partial charge is 0.235 e. The summed E-state index contributed by atoms with van der Waals surface area (Å²) in [6.07, 6.45) is 2.50. The number of likely N-dealkylation sites (tertiary alicyclic amines) is 1. The van der Waals surface area contributed by atoms with E-state index in [-0.39, 0.29) is 18.0 Å². The first-order valence-electron chi connectivity index (χ1n) is 7.31. The molecule has 0 spiro atoms. The molecule has 0 aromatic heterocycles. The zero-order valence-corrected chi connectivity index (χ0v) is 12.9. The quantitative estimate of drug-likeness (QED) is 0.689. The van der Waals surface area contributed by atoms with Crippen LogP contribution >= 0.6 is 0 Å². The van der Waals surface area contributed by atoms with Crippen LogP contribution in [0, 0.1) is 5.92 Å². The standard InChI is InChI=1S/C14H30N4O/c1-11(2)16-13(14(15)19)10-18(4)9-12-5-7-17(3)8-6-12/h11-13,16H,5-10H2,1-4H3,(H2,15,19). The van der Waals surface area contributed by atoms with Crippen LogP contribution in [0.4, 0.5) is 0 Å². The molecule has 3 N–H and O–H groups in total. The highest BCUT2D eigenvalue weighted by molar-refractivity contribution is 5.80. The third kappa shape index (κ3) is 6.36. The molecular formula is C14H30N4O. The van der Waals surface area contributed by atoms with Crippen LogP contribution in [0.25, 0.3) is 0 Å². The second-order valence-electron chi connectivity index (χ2n) is 6.24. The number of likely N-dealkylation sites (N-methyl/N-ethyl adjacent to an activating group) is 1. The fourth-order valence-corrected chi connectivity index (χ4v) is 2.70. The molecule has 0 radical (unpaired) electrons. The van der Waals surface area contributed by atoms with Gasteiger partial charge in [0, 0.05) is 19.1 Å². The maximum Gasteiger partial charge on any atom is 0.235 e. The van der Waals surface area contributed by atoms with Crippen molar-refractivity contribution < 1.29 is 4.79 Å². The van der Waals surface area contributed by atoms with Crippen molar-refractivity contribution in [3.05, 3.63) is 0 Å². The van der Waals surface area contributed by atoms with Crippen LogP contribution in [0.5, 0.6) is 0 Å². The van der Waals surface area contributed by atoms with Gasteiger partial charge in [0.05, 0.1) is 6.04 Å². The van der Waals surface area contributed by atoms with E-state index in [0.717, 1.165) is 12.5 Å². The molecule has 1 unspecified atom stereocenters. The Morgan fingerprint density at radius 2 is 2.00 bits per heavy atom. The summed E-state index contributed by atoms with van der Waals surface area (Å²) in [6.45, 7) is 8.18. The van der Waals surface area contributed by atoms with Gasteiger partial charge in [-0.05, 0) is 45.9 Å². The Balaban J connectivity index is 2.35. The Kier molecular flexibility index (Phi) is 6.75. The van der Waals surface area contributed by atoms with Crippen LogP contribution in [-0.4, -0.2) is 68.1 Å². The molecule has 1 rings (SSSR count). The number of nitrogens with one attached hydrogen (secondary N) is 1. The first-order valence-corrected chi connectivity index (χ1v) is 7.31. The minimum absolute atomic E-state index is 0.253. The van der Waals surface area contributed by atoms with Gasteiger partial charge in [0.15, 0.2) is 0 Å². The molecule has 1 heterocycles. The molecular weight excluding hydrogens is 240 g/mol. The van der Waals surface area contributed by atoms with E-state index in [9.17, 15) is 4.79 Å². The molecule has 1 atom stereocenters. The summed E-state index contributed by atoms with van der Waals surface area (Å²) in [4.78, 5) is 16.0. The number of hydrogen-bond acceptors (Lipinski definition) is 4. The van der Waals surface area contributed by atoms with Gasteiger partial charge in [-0.1, -0.05) is 13.8 Å². The van der Waals surface area contributed by atoms with Crippen LogP contribution in [0.1, 0.15) is 26.7 Å². The number of nitrogens with zero attached hydrogens (tertiary/aromatic N) is 2. The van der Waals surface area contributed by atoms with Gasteiger partial charge in [-0.15, -0.1) is 0 Å². The maximum absolute atomic E-state index is 11.4. The predicted octanol–water partition coefficient (Wildman–Crippen LogP) is 0.112. The molecule has 1 aliphatic heterocycles. The van der Waals surface area contributed by atoms with Crippen molar-refractivity contribution in [1.82, 2.24) is 15.1 Å². The van der Waals surface area contributed by atoms with Gasteiger partial charge in [-0.25, -0.2) is 0 Å². The minimum Gasteiger partial charge on any atom is -0.368 e. The summed E-state index contributed by atoms with van der Waals surface area (Å²) >= 11 is 0. The van der Waals surface area contributed by atoms with Gasteiger partial charge in [0.2, 0.25) is 5.91 Å². The van der Waals surface area contributed by atoms with E-state index in [1.165, 1.54) is 25.9 Å². The predicted molar refractivity (Wildman–Crippen MR) is 79.0 cm³/mol. The Morgan fingerprint density at radius 1 is 1.42 bits per heavy atom. The van der Waals surface area contributed by atoms with E-state index >= 15 is 0 Å². The lowest BCUT2D eigenvalue weighted by molar-refractivity contribution is -0.120. The Bertz CT molecular complexity index is 275. The number of primary amides is 1. The molecule has 1 saturated heterocycles. The summed E-state index contributed by atoms with van der Waals surface area (Å²) in [5.74, 6) is 0.484. The van der Waals surface area contributed by atoms with Crippen LogP contribution < -0.4 is 11.1 Å². The fraction of sp³-hybridized carbons (Fsp3) is 0.929. The molecule has 19 heavy (non-hydrogen) atoms. The summed E-state index contributed by atoms with van der Waals surface area (Å²) in [5, 5.41) is 3.23. The minimum atomic E-state index is -0.260. The SMILES string of the molecule is CC(C)NC(CN(C)CC1CCN(C)CC1)C(N)=O. The van der Waals surface area contributed by atoms with Crippen LogP contribution in [0.2, 0.25) is 0 Å². The Labute approximate surface area is 117 Å². The van der Waals surface area contributed by atoms with Gasteiger partial charge < -0.3 is 20.9 Å². The Morgan fingerprint density at radius 3 is 2.47 bits per heavy atom. The lowest BCUT2D eigenvalue weighted by atomic mass is 9.96. The zero-order chi connectivity index (χ0) is 14.4. The third-order valence-electron chi connectivity index (χ3n) is 3.78. The molecule has 0 aromatic carbocycles. The molecule has 5 heteroatoms. The van der Waals surface area contributed by atoms with Gasteiger partial charge in [0.1, 0.15) is 0 Å². The zero-order valence-electron chi connectivity index (χ0n) is 12.9. The number of carbonyl (C=O) groups excluding carboxylic acids is 1. The molecule has 0 bridgehead atoms. The highest BCUT2D eigenvalue weighted by Gasteiger charge is 2.22. The molecule has 1 aliphatic rings. The van der Waals surface area contributed by atoms with Gasteiger partial charge >= 0.3 is 0 Å². The van der Waals surface area contributed by atoms with Crippen molar-refractivity contribution in [2.45, 2.75) is 38.8 Å². The van der Waals surface area contributed by atoms with Crippen molar-refractivity contribution in [3.8, 4) is 0 Å². The monoisotopic (exact) mass is 270 g/mol. The number of nitrogens with two attached hydrogens (primary N) is 1. The van der Waals surface area contributed by atoms with E-state index < -0.39 is 0 Å². The average molecular weight is 270 g/mol.